The first-order chi connectivity index (χ1) is 19.5. The number of hydrogen-bond donors (Lipinski definition) is 2. The van der Waals surface area contributed by atoms with Gasteiger partial charge in [0.2, 0.25) is 11.8 Å². The Morgan fingerprint density at radius 2 is 1.85 bits per heavy atom. The molecule has 1 aromatic carbocycles. The maximum atomic E-state index is 14.3. The molecule has 0 radical (unpaired) electrons. The molecule has 2 N–H and O–H groups in total. The maximum absolute atomic E-state index is 14.3. The molecule has 2 bridgehead atoms. The van der Waals surface area contributed by atoms with Crippen LogP contribution in [0.5, 0.6) is 0 Å². The van der Waals surface area contributed by atoms with Crippen LogP contribution in [0.15, 0.2) is 28.9 Å². The van der Waals surface area contributed by atoms with Gasteiger partial charge < -0.3 is 19.8 Å². The fourth-order valence-electron chi connectivity index (χ4n) is 7.06. The van der Waals surface area contributed by atoms with E-state index in [4.69, 9.17) is 9.15 Å². The number of amides is 2. The number of hydrogen-bond acceptors (Lipinski definition) is 5. The summed E-state index contributed by atoms with van der Waals surface area (Å²) >= 11 is 0. The van der Waals surface area contributed by atoms with Gasteiger partial charge in [0.15, 0.2) is 5.69 Å². The number of unbranched alkanes of at least 4 members (excludes halogenated alkanes) is 1. The van der Waals surface area contributed by atoms with Crippen LogP contribution < -0.4 is 10.6 Å². The number of nitrogens with one attached hydrogen (secondary N) is 2. The van der Waals surface area contributed by atoms with E-state index in [2.05, 4.69) is 15.6 Å². The number of nitrogens with zero attached hydrogens (tertiary/aromatic N) is 1. The largest absolute Gasteiger partial charge is 0.448 e. The number of carbonyl (C=O) groups excluding carboxylic acids is 2. The Morgan fingerprint density at radius 1 is 1.02 bits per heavy atom. The van der Waals surface area contributed by atoms with Gasteiger partial charge in [-0.05, 0) is 68.2 Å². The van der Waals surface area contributed by atoms with E-state index in [1.54, 1.807) is 12.1 Å². The van der Waals surface area contributed by atoms with Gasteiger partial charge in [0.25, 0.3) is 5.91 Å². The molecular weight excluding hydrogens is 509 g/mol. The average molecular weight is 554 g/mol. The van der Waals surface area contributed by atoms with Crippen molar-refractivity contribution < 1.29 is 23.1 Å². The van der Waals surface area contributed by atoms with Gasteiger partial charge in [0.05, 0.1) is 18.1 Å². The Kier molecular flexibility index (Phi) is 9.89. The topological polar surface area (TPSA) is 93.5 Å². The number of ether oxygens (including phenoxy) is 1. The second-order valence-corrected chi connectivity index (χ2v) is 11.9. The van der Waals surface area contributed by atoms with Crippen molar-refractivity contribution in [1.82, 2.24) is 15.6 Å². The highest BCUT2D eigenvalue weighted by Crippen LogP contribution is 2.50. The van der Waals surface area contributed by atoms with E-state index in [0.29, 0.717) is 43.9 Å². The van der Waals surface area contributed by atoms with Crippen molar-refractivity contribution >= 4 is 11.8 Å². The SMILES string of the molecule is CCNC(=O)CCc1ccc(F)cc1C[C@@H]1[C@H](c2nc(C(=O)NCCCCC3CCCCC3)co2)[C@@H]2CC[C@H]1O2. The molecule has 3 aliphatic rings. The van der Waals surface area contributed by atoms with Crippen molar-refractivity contribution in [3.8, 4) is 0 Å². The summed E-state index contributed by atoms with van der Waals surface area (Å²) < 4.78 is 26.5. The third-order valence-electron chi connectivity index (χ3n) is 9.13. The van der Waals surface area contributed by atoms with Gasteiger partial charge in [-0.15, -0.1) is 0 Å². The van der Waals surface area contributed by atoms with E-state index in [9.17, 15) is 14.0 Å². The van der Waals surface area contributed by atoms with Gasteiger partial charge >= 0.3 is 0 Å². The number of halogens is 1. The van der Waals surface area contributed by atoms with Crippen LogP contribution in [0.3, 0.4) is 0 Å². The Hall–Kier alpha value is -2.74. The summed E-state index contributed by atoms with van der Waals surface area (Å²) in [7, 11) is 0. The highest BCUT2D eigenvalue weighted by Gasteiger charge is 2.51. The molecule has 1 aliphatic carbocycles. The zero-order chi connectivity index (χ0) is 27.9. The van der Waals surface area contributed by atoms with Gasteiger partial charge in [-0.3, -0.25) is 9.59 Å². The van der Waals surface area contributed by atoms with Crippen LogP contribution >= 0.6 is 0 Å². The lowest BCUT2D eigenvalue weighted by Crippen LogP contribution is -2.28. The van der Waals surface area contributed by atoms with Crippen molar-refractivity contribution in [3.05, 3.63) is 53.0 Å². The van der Waals surface area contributed by atoms with Crippen LogP contribution in [0, 0.1) is 17.7 Å². The highest BCUT2D eigenvalue weighted by molar-refractivity contribution is 5.91. The summed E-state index contributed by atoms with van der Waals surface area (Å²) in [6.07, 6.45) is 15.1. The zero-order valence-electron chi connectivity index (χ0n) is 23.8. The summed E-state index contributed by atoms with van der Waals surface area (Å²) in [6, 6.07) is 4.83. The molecule has 3 fully saturated rings. The van der Waals surface area contributed by atoms with E-state index in [-0.39, 0.29) is 41.7 Å². The Labute approximate surface area is 237 Å². The smallest absolute Gasteiger partial charge is 0.273 e. The van der Waals surface area contributed by atoms with Crippen molar-refractivity contribution in [2.24, 2.45) is 11.8 Å². The molecule has 3 heterocycles. The number of benzene rings is 1. The molecular formula is C32H44FN3O4. The van der Waals surface area contributed by atoms with Crippen LogP contribution in [-0.4, -0.2) is 42.1 Å². The normalized spacial score (nSPS) is 24.4. The predicted molar refractivity (Wildman–Crippen MR) is 150 cm³/mol. The standard InChI is InChI=1S/C32H44FN3O4/c1-2-34-29(37)16-12-22-11-13-24(33)18-23(22)19-25-27-14-15-28(40-27)30(25)32-36-26(20-39-32)31(38)35-17-7-6-10-21-8-4-3-5-9-21/h11,13,18,20-21,25,27-28,30H,2-10,12,14-17,19H2,1H3,(H,34,37)(H,35,38)/t25-,27+,28-,30-/m0/s1. The lowest BCUT2D eigenvalue weighted by atomic mass is 9.75. The number of carbonyl (C=O) groups is 2. The molecule has 2 aromatic rings. The van der Waals surface area contributed by atoms with E-state index < -0.39 is 0 Å². The first-order valence-corrected chi connectivity index (χ1v) is 15.4. The molecule has 40 heavy (non-hydrogen) atoms. The third kappa shape index (κ3) is 7.12. The monoisotopic (exact) mass is 553 g/mol. The first-order valence-electron chi connectivity index (χ1n) is 15.4. The van der Waals surface area contributed by atoms with E-state index in [0.717, 1.165) is 42.7 Å². The molecule has 0 unspecified atom stereocenters. The molecule has 1 aromatic heterocycles. The fraction of sp³-hybridized carbons (Fsp3) is 0.656. The molecule has 2 amide bonds. The minimum absolute atomic E-state index is 0.00581. The van der Waals surface area contributed by atoms with Crippen molar-refractivity contribution in [2.45, 2.75) is 109 Å². The van der Waals surface area contributed by atoms with Crippen LogP contribution in [0.4, 0.5) is 4.39 Å². The summed E-state index contributed by atoms with van der Waals surface area (Å²) in [5.41, 5.74) is 2.18. The average Bonchev–Trinajstić information content (AvgIpc) is 3.70. The number of oxazole rings is 1. The van der Waals surface area contributed by atoms with Gasteiger partial charge in [0, 0.05) is 25.4 Å². The van der Waals surface area contributed by atoms with Crippen molar-refractivity contribution in [3.63, 3.8) is 0 Å². The molecule has 1 saturated carbocycles. The second-order valence-electron chi connectivity index (χ2n) is 11.9. The van der Waals surface area contributed by atoms with Gasteiger partial charge in [0.1, 0.15) is 12.1 Å². The number of aryl methyl sites for hydroxylation is 1. The molecule has 2 aliphatic heterocycles. The molecule has 2 saturated heterocycles. The summed E-state index contributed by atoms with van der Waals surface area (Å²) in [4.78, 5) is 29.4. The molecule has 7 nitrogen and oxygen atoms in total. The number of rotatable bonds is 13. The Bertz CT molecular complexity index is 1140. The van der Waals surface area contributed by atoms with Gasteiger partial charge in [-0.2, -0.15) is 0 Å². The first kappa shape index (κ1) is 28.8. The minimum Gasteiger partial charge on any atom is -0.448 e. The van der Waals surface area contributed by atoms with E-state index in [1.807, 2.05) is 6.92 Å². The highest BCUT2D eigenvalue weighted by atomic mass is 19.1. The molecule has 8 heteroatoms. The van der Waals surface area contributed by atoms with E-state index >= 15 is 0 Å². The van der Waals surface area contributed by atoms with Crippen LogP contribution in [-0.2, 0) is 22.4 Å². The summed E-state index contributed by atoms with van der Waals surface area (Å²) in [5.74, 6) is 0.878. The predicted octanol–water partition coefficient (Wildman–Crippen LogP) is 5.87. The zero-order valence-corrected chi connectivity index (χ0v) is 23.8. The fourth-order valence-corrected chi connectivity index (χ4v) is 7.06. The van der Waals surface area contributed by atoms with E-state index in [1.165, 1.54) is 50.9 Å². The Morgan fingerprint density at radius 3 is 2.67 bits per heavy atom. The molecule has 4 atom stereocenters. The maximum Gasteiger partial charge on any atom is 0.273 e. The second kappa shape index (κ2) is 13.7. The lowest BCUT2D eigenvalue weighted by molar-refractivity contribution is -0.120. The number of aromatic nitrogens is 1. The van der Waals surface area contributed by atoms with Crippen molar-refractivity contribution in [1.29, 1.82) is 0 Å². The molecule has 0 spiro atoms. The van der Waals surface area contributed by atoms with Crippen LogP contribution in [0.2, 0.25) is 0 Å². The number of fused-ring (bicyclic) bond motifs is 2. The molecule has 218 valence electrons. The van der Waals surface area contributed by atoms with Crippen molar-refractivity contribution in [2.75, 3.05) is 13.1 Å². The van der Waals surface area contributed by atoms with Gasteiger partial charge in [-0.1, -0.05) is 51.0 Å². The summed E-state index contributed by atoms with van der Waals surface area (Å²) in [5, 5.41) is 5.83. The third-order valence-corrected chi connectivity index (χ3v) is 9.13. The minimum atomic E-state index is -0.286. The van der Waals surface area contributed by atoms with Crippen LogP contribution in [0.1, 0.15) is 111 Å². The molecule has 5 rings (SSSR count). The Balaban J connectivity index is 1.19. The lowest BCUT2D eigenvalue weighted by Gasteiger charge is -2.26. The quantitative estimate of drug-likeness (QED) is 0.303. The summed E-state index contributed by atoms with van der Waals surface area (Å²) in [6.45, 7) is 3.13. The van der Waals surface area contributed by atoms with Crippen LogP contribution in [0.25, 0.3) is 0 Å². The van der Waals surface area contributed by atoms with Gasteiger partial charge in [-0.25, -0.2) is 9.37 Å².